The maximum absolute atomic E-state index is 11.8. The molecular weight excluding hydrogens is 260 g/mol. The molecule has 0 bridgehead atoms. The SMILES string of the molecule is CC[NH+](CC)CCCNC(=O)c1nccnc1C(=O)[O-]. The lowest BCUT2D eigenvalue weighted by atomic mass is 10.2. The number of carbonyl (C=O) groups excluding carboxylic acids is 2. The number of aromatic nitrogens is 2. The van der Waals surface area contributed by atoms with E-state index in [1.807, 2.05) is 0 Å². The third-order valence-electron chi connectivity index (χ3n) is 3.10. The Bertz CT molecular complexity index is 461. The van der Waals surface area contributed by atoms with E-state index in [-0.39, 0.29) is 5.69 Å². The van der Waals surface area contributed by atoms with Gasteiger partial charge in [0, 0.05) is 25.4 Å². The van der Waals surface area contributed by atoms with Gasteiger partial charge in [-0.05, 0) is 13.8 Å². The van der Waals surface area contributed by atoms with E-state index >= 15 is 0 Å². The Kier molecular flexibility index (Phi) is 6.58. The molecule has 0 aromatic carbocycles. The Morgan fingerprint density at radius 2 is 1.80 bits per heavy atom. The van der Waals surface area contributed by atoms with Crippen LogP contribution in [0.4, 0.5) is 0 Å². The number of hydrogen-bond acceptors (Lipinski definition) is 5. The Hall–Kier alpha value is -2.02. The van der Waals surface area contributed by atoms with Gasteiger partial charge in [0.2, 0.25) is 0 Å². The first-order valence-corrected chi connectivity index (χ1v) is 6.74. The van der Waals surface area contributed by atoms with Crippen LogP contribution >= 0.6 is 0 Å². The van der Waals surface area contributed by atoms with Gasteiger partial charge >= 0.3 is 0 Å². The number of nitrogens with zero attached hydrogens (tertiary/aromatic N) is 2. The van der Waals surface area contributed by atoms with E-state index in [2.05, 4.69) is 29.1 Å². The molecule has 0 fully saturated rings. The number of carboxylic acid groups (broad SMARTS) is 1. The predicted molar refractivity (Wildman–Crippen MR) is 70.2 cm³/mol. The summed E-state index contributed by atoms with van der Waals surface area (Å²) in [5, 5.41) is 13.5. The number of carboxylic acids is 1. The minimum absolute atomic E-state index is 0.206. The monoisotopic (exact) mass is 280 g/mol. The Labute approximate surface area is 118 Å². The van der Waals surface area contributed by atoms with Crippen molar-refractivity contribution >= 4 is 11.9 Å². The van der Waals surface area contributed by atoms with E-state index in [9.17, 15) is 14.7 Å². The van der Waals surface area contributed by atoms with Crippen LogP contribution in [0.15, 0.2) is 12.4 Å². The number of amides is 1. The molecule has 1 amide bonds. The van der Waals surface area contributed by atoms with Crippen LogP contribution in [0.5, 0.6) is 0 Å². The Morgan fingerprint density at radius 3 is 2.35 bits per heavy atom. The lowest BCUT2D eigenvalue weighted by Crippen LogP contribution is -3.11. The average Bonchev–Trinajstić information content (AvgIpc) is 2.47. The predicted octanol–water partition coefficient (Wildman–Crippen LogP) is -2.12. The fraction of sp³-hybridized carbons (Fsp3) is 0.538. The van der Waals surface area contributed by atoms with Crippen molar-refractivity contribution in [2.45, 2.75) is 20.3 Å². The maximum Gasteiger partial charge on any atom is 0.272 e. The quantitative estimate of drug-likeness (QED) is 0.531. The molecule has 0 aliphatic heterocycles. The first-order chi connectivity index (χ1) is 9.60. The van der Waals surface area contributed by atoms with E-state index in [0.29, 0.717) is 6.54 Å². The van der Waals surface area contributed by atoms with Crippen molar-refractivity contribution < 1.29 is 19.6 Å². The first kappa shape index (κ1) is 16.0. The zero-order valence-electron chi connectivity index (χ0n) is 11.8. The van der Waals surface area contributed by atoms with Gasteiger partial charge in [0.15, 0.2) is 5.69 Å². The molecular formula is C13H20N4O3. The molecule has 110 valence electrons. The van der Waals surface area contributed by atoms with Crippen molar-refractivity contribution in [3.8, 4) is 0 Å². The van der Waals surface area contributed by atoms with Gasteiger partial charge in [-0.2, -0.15) is 0 Å². The van der Waals surface area contributed by atoms with Crippen LogP contribution in [0.1, 0.15) is 41.2 Å². The molecule has 1 heterocycles. The minimum Gasteiger partial charge on any atom is -0.543 e. The van der Waals surface area contributed by atoms with Crippen molar-refractivity contribution in [3.63, 3.8) is 0 Å². The third kappa shape index (κ3) is 4.58. The number of rotatable bonds is 8. The van der Waals surface area contributed by atoms with Crippen LogP contribution in [-0.4, -0.2) is 48.0 Å². The van der Waals surface area contributed by atoms with Gasteiger partial charge in [-0.25, -0.2) is 4.98 Å². The molecule has 2 N–H and O–H groups in total. The van der Waals surface area contributed by atoms with Gasteiger partial charge in [0.1, 0.15) is 5.69 Å². The summed E-state index contributed by atoms with van der Waals surface area (Å²) in [6.07, 6.45) is 3.32. The highest BCUT2D eigenvalue weighted by Crippen LogP contribution is 1.99. The molecule has 7 nitrogen and oxygen atoms in total. The van der Waals surface area contributed by atoms with Gasteiger partial charge in [-0.3, -0.25) is 9.78 Å². The van der Waals surface area contributed by atoms with E-state index in [4.69, 9.17) is 0 Å². The smallest absolute Gasteiger partial charge is 0.272 e. The third-order valence-corrected chi connectivity index (χ3v) is 3.10. The van der Waals surface area contributed by atoms with Gasteiger partial charge in [-0.15, -0.1) is 0 Å². The highest BCUT2D eigenvalue weighted by atomic mass is 16.4. The molecule has 0 aliphatic carbocycles. The lowest BCUT2D eigenvalue weighted by Gasteiger charge is -2.15. The van der Waals surface area contributed by atoms with Crippen LogP contribution in [0.3, 0.4) is 0 Å². The number of hydrogen-bond donors (Lipinski definition) is 2. The number of quaternary nitrogens is 1. The normalized spacial score (nSPS) is 10.6. The largest absolute Gasteiger partial charge is 0.543 e. The second-order valence-corrected chi connectivity index (χ2v) is 4.36. The van der Waals surface area contributed by atoms with Crippen molar-refractivity contribution in [2.24, 2.45) is 0 Å². The molecule has 0 saturated carbocycles. The summed E-state index contributed by atoms with van der Waals surface area (Å²) < 4.78 is 0. The molecule has 1 rings (SSSR count). The van der Waals surface area contributed by atoms with Gasteiger partial charge in [0.05, 0.1) is 25.6 Å². The molecule has 1 aromatic rings. The van der Waals surface area contributed by atoms with Crippen LogP contribution in [0, 0.1) is 0 Å². The van der Waals surface area contributed by atoms with Crippen molar-refractivity contribution in [1.82, 2.24) is 15.3 Å². The van der Waals surface area contributed by atoms with E-state index in [1.165, 1.54) is 17.3 Å². The second kappa shape index (κ2) is 8.21. The van der Waals surface area contributed by atoms with Gasteiger partial charge in [-0.1, -0.05) is 0 Å². The zero-order valence-corrected chi connectivity index (χ0v) is 11.8. The summed E-state index contributed by atoms with van der Waals surface area (Å²) >= 11 is 0. The number of carbonyl (C=O) groups is 2. The summed E-state index contributed by atoms with van der Waals surface area (Å²) in [7, 11) is 0. The molecule has 1 aromatic heterocycles. The summed E-state index contributed by atoms with van der Waals surface area (Å²) in [4.78, 5) is 31.5. The fourth-order valence-corrected chi connectivity index (χ4v) is 1.88. The molecule has 0 spiro atoms. The van der Waals surface area contributed by atoms with Crippen molar-refractivity contribution in [2.75, 3.05) is 26.2 Å². The zero-order chi connectivity index (χ0) is 15.0. The fourth-order valence-electron chi connectivity index (χ4n) is 1.88. The topological polar surface area (TPSA) is 99.5 Å². The van der Waals surface area contributed by atoms with Crippen molar-refractivity contribution in [3.05, 3.63) is 23.8 Å². The van der Waals surface area contributed by atoms with Crippen LogP contribution in [0.25, 0.3) is 0 Å². The lowest BCUT2D eigenvalue weighted by molar-refractivity contribution is -0.896. The average molecular weight is 280 g/mol. The van der Waals surface area contributed by atoms with E-state index < -0.39 is 17.6 Å². The Morgan fingerprint density at radius 1 is 1.20 bits per heavy atom. The summed E-state index contributed by atoms with van der Waals surface area (Å²) in [6.45, 7) is 7.76. The van der Waals surface area contributed by atoms with Gasteiger partial charge in [0.25, 0.3) is 5.91 Å². The molecule has 0 aliphatic rings. The standard InChI is InChI=1S/C13H20N4O3/c1-3-17(4-2)9-5-6-16-12(18)10-11(13(19)20)15-8-7-14-10/h7-8H,3-6,9H2,1-2H3,(H,16,18)(H,19,20). The van der Waals surface area contributed by atoms with Crippen molar-refractivity contribution in [1.29, 1.82) is 0 Å². The molecule has 0 atom stereocenters. The summed E-state index contributed by atoms with van der Waals surface area (Å²) in [5.41, 5.74) is -0.637. The second-order valence-electron chi connectivity index (χ2n) is 4.36. The van der Waals surface area contributed by atoms with E-state index in [1.54, 1.807) is 0 Å². The van der Waals surface area contributed by atoms with Crippen LogP contribution in [0.2, 0.25) is 0 Å². The molecule has 0 unspecified atom stereocenters. The van der Waals surface area contributed by atoms with E-state index in [0.717, 1.165) is 26.1 Å². The van der Waals surface area contributed by atoms with Gasteiger partial charge < -0.3 is 20.1 Å². The summed E-state index contributed by atoms with van der Waals surface area (Å²) in [5.74, 6) is -2.04. The summed E-state index contributed by atoms with van der Waals surface area (Å²) in [6, 6.07) is 0. The highest BCUT2D eigenvalue weighted by Gasteiger charge is 2.14. The van der Waals surface area contributed by atoms with Crippen LogP contribution < -0.4 is 15.3 Å². The Balaban J connectivity index is 2.50. The maximum atomic E-state index is 11.8. The first-order valence-electron chi connectivity index (χ1n) is 6.74. The number of aromatic carboxylic acids is 1. The number of nitrogens with one attached hydrogen (secondary N) is 2. The minimum atomic E-state index is -1.50. The van der Waals surface area contributed by atoms with Crippen LogP contribution in [-0.2, 0) is 0 Å². The highest BCUT2D eigenvalue weighted by molar-refractivity contribution is 6.01. The molecule has 0 radical (unpaired) electrons. The molecule has 7 heteroatoms. The molecule has 20 heavy (non-hydrogen) atoms. The molecule has 0 saturated heterocycles.